The van der Waals surface area contributed by atoms with E-state index in [1.54, 1.807) is 29.7 Å². The van der Waals surface area contributed by atoms with Crippen LogP contribution in [0, 0.1) is 0 Å². The van der Waals surface area contributed by atoms with Crippen LogP contribution < -0.4 is 10.2 Å². The van der Waals surface area contributed by atoms with Gasteiger partial charge in [0.2, 0.25) is 5.91 Å². The molecule has 5 rings (SSSR count). The average Bonchev–Trinajstić information content (AvgIpc) is 3.22. The molecule has 150 valence electrons. The zero-order chi connectivity index (χ0) is 20.3. The molecule has 30 heavy (non-hydrogen) atoms. The van der Waals surface area contributed by atoms with Crippen LogP contribution in [0.4, 0.5) is 10.8 Å². The molecule has 1 aliphatic rings. The Hall–Kier alpha value is -3.29. The first-order chi connectivity index (χ1) is 14.8. The van der Waals surface area contributed by atoms with Crippen LogP contribution in [-0.2, 0) is 9.53 Å². The largest absolute Gasteiger partial charge is 0.378 e. The van der Waals surface area contributed by atoms with E-state index in [-0.39, 0.29) is 5.91 Å². The van der Waals surface area contributed by atoms with Crippen molar-refractivity contribution in [1.29, 1.82) is 0 Å². The molecule has 7 heteroatoms. The topological polar surface area (TPSA) is 67.4 Å². The SMILES string of the molecule is O=C(C=Cc1cccc2cccnc12)Nc1ccc2nc(N3CCOCC3)sc2c1. The van der Waals surface area contributed by atoms with Crippen LogP contribution in [0.1, 0.15) is 5.56 Å². The fourth-order valence-electron chi connectivity index (χ4n) is 3.49. The molecule has 3 heterocycles. The summed E-state index contributed by atoms with van der Waals surface area (Å²) in [5.41, 5.74) is 3.49. The highest BCUT2D eigenvalue weighted by atomic mass is 32.1. The van der Waals surface area contributed by atoms with Gasteiger partial charge in [-0.05, 0) is 30.3 Å². The van der Waals surface area contributed by atoms with Gasteiger partial charge in [-0.1, -0.05) is 35.6 Å². The van der Waals surface area contributed by atoms with Crippen LogP contribution in [0.3, 0.4) is 0 Å². The summed E-state index contributed by atoms with van der Waals surface area (Å²) in [6.07, 6.45) is 5.10. The highest BCUT2D eigenvalue weighted by Crippen LogP contribution is 2.31. The Bertz CT molecular complexity index is 1240. The number of nitrogens with one attached hydrogen (secondary N) is 1. The van der Waals surface area contributed by atoms with Gasteiger partial charge in [-0.3, -0.25) is 9.78 Å². The Morgan fingerprint density at radius 3 is 2.90 bits per heavy atom. The van der Waals surface area contributed by atoms with E-state index in [9.17, 15) is 4.79 Å². The first kappa shape index (κ1) is 18.7. The van der Waals surface area contributed by atoms with E-state index >= 15 is 0 Å². The number of hydrogen-bond donors (Lipinski definition) is 1. The number of carbonyl (C=O) groups excluding carboxylic acids is 1. The van der Waals surface area contributed by atoms with Crippen molar-refractivity contribution in [3.63, 3.8) is 0 Å². The third kappa shape index (κ3) is 3.90. The van der Waals surface area contributed by atoms with Crippen LogP contribution in [0.2, 0.25) is 0 Å². The zero-order valence-electron chi connectivity index (χ0n) is 16.2. The fourth-order valence-corrected chi connectivity index (χ4v) is 4.55. The number of nitrogens with zero attached hydrogens (tertiary/aromatic N) is 3. The van der Waals surface area contributed by atoms with Crippen molar-refractivity contribution >= 4 is 55.3 Å². The van der Waals surface area contributed by atoms with Gasteiger partial charge in [0.1, 0.15) is 0 Å². The van der Waals surface area contributed by atoms with Gasteiger partial charge in [-0.15, -0.1) is 0 Å². The molecule has 0 bridgehead atoms. The number of anilines is 2. The summed E-state index contributed by atoms with van der Waals surface area (Å²) >= 11 is 1.64. The predicted octanol–water partition coefficient (Wildman–Crippen LogP) is 4.33. The monoisotopic (exact) mass is 416 g/mol. The van der Waals surface area contributed by atoms with Crippen molar-refractivity contribution < 1.29 is 9.53 Å². The molecule has 0 spiro atoms. The maximum atomic E-state index is 12.5. The van der Waals surface area contributed by atoms with Gasteiger partial charge in [0.15, 0.2) is 5.13 Å². The molecule has 0 radical (unpaired) electrons. The van der Waals surface area contributed by atoms with E-state index in [4.69, 9.17) is 9.72 Å². The normalized spacial score (nSPS) is 14.6. The van der Waals surface area contributed by atoms with E-state index < -0.39 is 0 Å². The molecule has 6 nitrogen and oxygen atoms in total. The molecule has 1 saturated heterocycles. The summed E-state index contributed by atoms with van der Waals surface area (Å²) in [5, 5.41) is 4.99. The third-order valence-electron chi connectivity index (χ3n) is 5.00. The third-order valence-corrected chi connectivity index (χ3v) is 6.08. The van der Waals surface area contributed by atoms with E-state index in [1.807, 2.05) is 48.5 Å². The first-order valence-corrected chi connectivity index (χ1v) is 10.6. The van der Waals surface area contributed by atoms with Crippen molar-refractivity contribution in [2.75, 3.05) is 36.5 Å². The second-order valence-electron chi connectivity index (χ2n) is 7.02. The lowest BCUT2D eigenvalue weighted by Gasteiger charge is -2.25. The number of para-hydroxylation sites is 1. The second-order valence-corrected chi connectivity index (χ2v) is 8.03. The molecule has 1 aliphatic heterocycles. The van der Waals surface area contributed by atoms with Crippen molar-refractivity contribution in [1.82, 2.24) is 9.97 Å². The number of aromatic nitrogens is 2. The molecule has 0 unspecified atom stereocenters. The molecule has 1 amide bonds. The Morgan fingerprint density at radius 2 is 2.00 bits per heavy atom. The van der Waals surface area contributed by atoms with Gasteiger partial charge in [-0.2, -0.15) is 0 Å². The Labute approximate surface area is 177 Å². The lowest BCUT2D eigenvalue weighted by Crippen LogP contribution is -2.36. The summed E-state index contributed by atoms with van der Waals surface area (Å²) in [5.74, 6) is -0.180. The zero-order valence-corrected chi connectivity index (χ0v) is 17.1. The van der Waals surface area contributed by atoms with Gasteiger partial charge in [-0.25, -0.2) is 4.98 Å². The number of fused-ring (bicyclic) bond motifs is 2. The fraction of sp³-hybridized carbons (Fsp3) is 0.174. The molecular weight excluding hydrogens is 396 g/mol. The number of morpholine rings is 1. The number of carbonyl (C=O) groups is 1. The highest BCUT2D eigenvalue weighted by molar-refractivity contribution is 7.22. The van der Waals surface area contributed by atoms with E-state index in [2.05, 4.69) is 15.2 Å². The van der Waals surface area contributed by atoms with E-state index in [0.717, 1.165) is 63.8 Å². The van der Waals surface area contributed by atoms with Crippen molar-refractivity contribution in [3.8, 4) is 0 Å². The Balaban J connectivity index is 1.32. The van der Waals surface area contributed by atoms with Gasteiger partial charge < -0.3 is 15.0 Å². The molecule has 0 aliphatic carbocycles. The summed E-state index contributed by atoms with van der Waals surface area (Å²) < 4.78 is 6.47. The molecule has 4 aromatic rings. The van der Waals surface area contributed by atoms with E-state index in [1.165, 1.54) is 0 Å². The summed E-state index contributed by atoms with van der Waals surface area (Å²) in [6.45, 7) is 3.18. The van der Waals surface area contributed by atoms with Crippen molar-refractivity contribution in [3.05, 3.63) is 66.4 Å². The smallest absolute Gasteiger partial charge is 0.248 e. The average molecular weight is 417 g/mol. The number of ether oxygens (including phenoxy) is 1. The number of pyridine rings is 1. The van der Waals surface area contributed by atoms with E-state index in [0.29, 0.717) is 0 Å². The number of hydrogen-bond acceptors (Lipinski definition) is 6. The first-order valence-electron chi connectivity index (χ1n) is 9.82. The predicted molar refractivity (Wildman–Crippen MR) is 122 cm³/mol. The summed E-state index contributed by atoms with van der Waals surface area (Å²) in [7, 11) is 0. The van der Waals surface area contributed by atoms with Gasteiger partial charge in [0.05, 0.1) is 28.9 Å². The summed E-state index contributed by atoms with van der Waals surface area (Å²) in [4.78, 5) is 23.8. The maximum Gasteiger partial charge on any atom is 0.248 e. The van der Waals surface area contributed by atoms with Gasteiger partial charge >= 0.3 is 0 Å². The molecule has 0 atom stereocenters. The Kier molecular flexibility index (Phi) is 5.13. The number of rotatable bonds is 4. The Morgan fingerprint density at radius 1 is 1.13 bits per heavy atom. The molecule has 0 saturated carbocycles. The molecular formula is C23H20N4O2S. The highest BCUT2D eigenvalue weighted by Gasteiger charge is 2.15. The van der Waals surface area contributed by atoms with Crippen molar-refractivity contribution in [2.24, 2.45) is 0 Å². The van der Waals surface area contributed by atoms with Crippen molar-refractivity contribution in [2.45, 2.75) is 0 Å². The maximum absolute atomic E-state index is 12.5. The minimum absolute atomic E-state index is 0.180. The number of thiazole rings is 1. The van der Waals surface area contributed by atoms with Crippen LogP contribution in [0.5, 0.6) is 0 Å². The standard InChI is InChI=1S/C23H20N4O2S/c28-21(9-6-17-4-1-3-16-5-2-10-24-22(16)17)25-18-7-8-19-20(15-18)30-23(26-19)27-11-13-29-14-12-27/h1-10,15H,11-14H2,(H,25,28). The quantitative estimate of drug-likeness (QED) is 0.502. The molecule has 1 N–H and O–H groups in total. The summed E-state index contributed by atoms with van der Waals surface area (Å²) in [6, 6.07) is 15.6. The lowest BCUT2D eigenvalue weighted by atomic mass is 10.1. The molecule has 2 aromatic carbocycles. The minimum atomic E-state index is -0.180. The number of amides is 1. The van der Waals surface area contributed by atoms with Crippen LogP contribution in [0.15, 0.2) is 60.8 Å². The van der Waals surface area contributed by atoms with Gasteiger partial charge in [0, 0.05) is 42.0 Å². The molecule has 2 aromatic heterocycles. The number of benzene rings is 2. The van der Waals surface area contributed by atoms with Gasteiger partial charge in [0.25, 0.3) is 0 Å². The lowest BCUT2D eigenvalue weighted by molar-refractivity contribution is -0.111. The minimum Gasteiger partial charge on any atom is -0.378 e. The molecule has 1 fully saturated rings. The van der Waals surface area contributed by atoms with Crippen LogP contribution >= 0.6 is 11.3 Å². The van der Waals surface area contributed by atoms with Crippen LogP contribution in [-0.4, -0.2) is 42.2 Å². The second kappa shape index (κ2) is 8.22. The van der Waals surface area contributed by atoms with Crippen LogP contribution in [0.25, 0.3) is 27.2 Å².